The van der Waals surface area contributed by atoms with E-state index in [9.17, 15) is 0 Å². The Balaban J connectivity index is 1.05. The van der Waals surface area contributed by atoms with Crippen LogP contribution in [0.4, 0.5) is 0 Å². The van der Waals surface area contributed by atoms with Crippen molar-refractivity contribution in [3.05, 3.63) is 0 Å². The van der Waals surface area contributed by atoms with Crippen LogP contribution in [0.3, 0.4) is 0 Å². The molecule has 6 nitrogen and oxygen atoms in total. The Kier molecular flexibility index (Phi) is 6.13. The molecule has 0 N–H and O–H groups in total. The van der Waals surface area contributed by atoms with E-state index in [1.165, 1.54) is 136 Å². The van der Waals surface area contributed by atoms with Crippen molar-refractivity contribution in [1.29, 1.82) is 0 Å². The van der Waals surface area contributed by atoms with E-state index in [0.29, 0.717) is 33.2 Å². The summed E-state index contributed by atoms with van der Waals surface area (Å²) in [5.41, 5.74) is 2.57. The fourth-order valence-electron chi connectivity index (χ4n) is 16.8. The third-order valence-electron chi connectivity index (χ3n) is 17.9. The highest BCUT2D eigenvalue weighted by atomic mass is 15.5. The Hall–Kier alpha value is -0.240. The monoisotopic (exact) mass is 619 g/mol. The molecule has 13 aliphatic rings. The molecule has 0 spiro atoms. The number of hydrogen-bond donors (Lipinski definition) is 0. The van der Waals surface area contributed by atoms with Crippen LogP contribution in [0.25, 0.3) is 0 Å². The Morgan fingerprint density at radius 3 is 0.778 bits per heavy atom. The normalized spacial score (nSPS) is 57.0. The largest absolute Gasteiger partial charge is 0.304 e. The first kappa shape index (κ1) is 29.7. The molecule has 252 valence electrons. The van der Waals surface area contributed by atoms with E-state index >= 15 is 0 Å². The van der Waals surface area contributed by atoms with Crippen LogP contribution in [-0.4, -0.2) is 125 Å². The summed E-state index contributed by atoms with van der Waals surface area (Å²) in [6.07, 6.45) is 26.6. The summed E-state index contributed by atoms with van der Waals surface area (Å²) in [5, 5.41) is 0. The molecule has 0 aromatic carbocycles. The van der Waals surface area contributed by atoms with Gasteiger partial charge in [-0.3, -0.25) is 14.7 Å². The maximum Gasteiger partial charge on any atom is 0.0541 e. The van der Waals surface area contributed by atoms with E-state index in [-0.39, 0.29) is 0 Å². The van der Waals surface area contributed by atoms with Crippen LogP contribution in [-0.2, 0) is 0 Å². The van der Waals surface area contributed by atoms with Crippen molar-refractivity contribution in [3.8, 4) is 0 Å². The summed E-state index contributed by atoms with van der Waals surface area (Å²) < 4.78 is 0. The minimum atomic E-state index is 0.411. The van der Waals surface area contributed by atoms with Gasteiger partial charge in [-0.1, -0.05) is 0 Å². The van der Waals surface area contributed by atoms with E-state index in [2.05, 4.69) is 71.7 Å². The zero-order valence-electron chi connectivity index (χ0n) is 30.0. The number of rotatable bonds is 6. The Labute approximate surface area is 275 Å². The topological polar surface area (TPSA) is 19.4 Å². The lowest BCUT2D eigenvalue weighted by Crippen LogP contribution is -2.79. The smallest absolute Gasteiger partial charge is 0.0541 e. The van der Waals surface area contributed by atoms with Gasteiger partial charge in [-0.05, 0) is 193 Å². The highest BCUT2D eigenvalue weighted by Crippen LogP contribution is 2.66. The molecule has 6 atom stereocenters. The average molecular weight is 619 g/mol. The van der Waals surface area contributed by atoms with Crippen molar-refractivity contribution in [3.63, 3.8) is 0 Å². The van der Waals surface area contributed by atoms with Gasteiger partial charge in [-0.2, -0.15) is 0 Å². The van der Waals surface area contributed by atoms with Crippen LogP contribution in [0.5, 0.6) is 0 Å². The van der Waals surface area contributed by atoms with Crippen LogP contribution in [0, 0.1) is 35.5 Å². The van der Waals surface area contributed by atoms with E-state index in [1.807, 2.05) is 0 Å². The lowest BCUT2D eigenvalue weighted by molar-refractivity contribution is -0.246. The van der Waals surface area contributed by atoms with Gasteiger partial charge in [0.25, 0.3) is 0 Å². The van der Waals surface area contributed by atoms with Crippen molar-refractivity contribution >= 4 is 0 Å². The second-order valence-corrected chi connectivity index (χ2v) is 21.0. The molecular weight excluding hydrogens is 552 g/mol. The van der Waals surface area contributed by atoms with Gasteiger partial charge in [0.2, 0.25) is 0 Å². The minimum absolute atomic E-state index is 0.411. The van der Waals surface area contributed by atoms with E-state index in [1.54, 1.807) is 0 Å². The second kappa shape index (κ2) is 9.30. The lowest BCUT2D eigenvalue weighted by Gasteiger charge is -2.73. The maximum atomic E-state index is 3.22. The molecule has 0 radical (unpaired) electrons. The molecule has 13 rings (SSSR count). The SMILES string of the molecule is CN(C)C12CC3CC(C1)CC(N1CN(C45CC6CC(CC(N(C)C)(C6)C4)C5)CN(C45CC6CC(CC(N(C)C)(C6)C4)C5)C1)(C3)C2. The van der Waals surface area contributed by atoms with Crippen molar-refractivity contribution in [2.45, 2.75) is 149 Å². The quantitative estimate of drug-likeness (QED) is 0.376. The van der Waals surface area contributed by atoms with Crippen molar-refractivity contribution in [2.75, 3.05) is 62.3 Å². The van der Waals surface area contributed by atoms with Gasteiger partial charge in [0, 0.05) is 33.2 Å². The van der Waals surface area contributed by atoms with Gasteiger partial charge in [0.15, 0.2) is 0 Å². The summed E-state index contributed by atoms with van der Waals surface area (Å²) in [7, 11) is 14.6. The predicted octanol–water partition coefficient (Wildman–Crippen LogP) is 5.74. The molecule has 12 bridgehead atoms. The molecule has 0 amide bonds. The van der Waals surface area contributed by atoms with E-state index in [0.717, 1.165) is 35.5 Å². The molecule has 45 heavy (non-hydrogen) atoms. The molecule has 0 aromatic heterocycles. The third-order valence-corrected chi connectivity index (χ3v) is 17.9. The van der Waals surface area contributed by atoms with Crippen LogP contribution >= 0.6 is 0 Å². The van der Waals surface area contributed by atoms with Crippen LogP contribution < -0.4 is 0 Å². The van der Waals surface area contributed by atoms with Gasteiger partial charge < -0.3 is 14.7 Å². The summed E-state index contributed by atoms with van der Waals surface area (Å²) >= 11 is 0. The second-order valence-electron chi connectivity index (χ2n) is 21.0. The summed E-state index contributed by atoms with van der Waals surface area (Å²) in [4.78, 5) is 17.8. The number of hydrogen-bond acceptors (Lipinski definition) is 6. The fourth-order valence-corrected chi connectivity index (χ4v) is 16.8. The summed E-state index contributed by atoms with van der Waals surface area (Å²) in [6, 6.07) is 0. The van der Waals surface area contributed by atoms with Crippen LogP contribution in [0.2, 0.25) is 0 Å². The van der Waals surface area contributed by atoms with Crippen LogP contribution in [0.15, 0.2) is 0 Å². The molecule has 0 aromatic rings. The average Bonchev–Trinajstić information content (AvgIpc) is 2.95. The first-order chi connectivity index (χ1) is 21.4. The Bertz CT molecular complexity index is 1030. The molecule has 1 saturated heterocycles. The lowest BCUT2D eigenvalue weighted by atomic mass is 9.48. The maximum absolute atomic E-state index is 3.22. The fraction of sp³-hybridized carbons (Fsp3) is 1.00. The minimum Gasteiger partial charge on any atom is -0.304 e. The van der Waals surface area contributed by atoms with Crippen LogP contribution in [0.1, 0.15) is 116 Å². The van der Waals surface area contributed by atoms with E-state index < -0.39 is 0 Å². The molecule has 12 saturated carbocycles. The summed E-state index contributed by atoms with van der Waals surface area (Å²) in [5.74, 6) is 5.70. The highest BCUT2D eigenvalue weighted by molar-refractivity contribution is 5.21. The molecule has 6 unspecified atom stereocenters. The zero-order chi connectivity index (χ0) is 30.8. The highest BCUT2D eigenvalue weighted by Gasteiger charge is 2.67. The third kappa shape index (κ3) is 4.02. The first-order valence-electron chi connectivity index (χ1n) is 19.6. The van der Waals surface area contributed by atoms with Gasteiger partial charge in [-0.25, -0.2) is 0 Å². The Morgan fingerprint density at radius 2 is 0.578 bits per heavy atom. The summed E-state index contributed by atoms with van der Waals surface area (Å²) in [6.45, 7) is 3.76. The van der Waals surface area contributed by atoms with Gasteiger partial charge in [0.05, 0.1) is 20.0 Å². The first-order valence-corrected chi connectivity index (χ1v) is 19.6. The van der Waals surface area contributed by atoms with Crippen molar-refractivity contribution in [2.24, 2.45) is 35.5 Å². The predicted molar refractivity (Wildman–Crippen MR) is 182 cm³/mol. The molecule has 13 fully saturated rings. The zero-order valence-corrected chi connectivity index (χ0v) is 30.0. The standard InChI is InChI=1S/C39H66N6/c1-40(2)34-10-28-7-29(11-34)17-37(16-28,22-34)43-25-44(38-18-30-8-31(19-38)13-35(12-30,23-38)41(3)4)27-45(26-43)39-20-32-9-33(21-39)15-36(14-32,24-39)42(5)6/h28-33H,7-27H2,1-6H3. The molecular formula is C39H66N6. The van der Waals surface area contributed by atoms with Crippen molar-refractivity contribution < 1.29 is 0 Å². The van der Waals surface area contributed by atoms with E-state index in [4.69, 9.17) is 0 Å². The van der Waals surface area contributed by atoms with Gasteiger partial charge in [-0.15, -0.1) is 0 Å². The molecule has 1 aliphatic heterocycles. The van der Waals surface area contributed by atoms with Gasteiger partial charge >= 0.3 is 0 Å². The molecule has 1 heterocycles. The number of nitrogens with zero attached hydrogens (tertiary/aromatic N) is 6. The van der Waals surface area contributed by atoms with Gasteiger partial charge in [0.1, 0.15) is 0 Å². The molecule has 12 aliphatic carbocycles. The molecule has 6 heteroatoms. The Morgan fingerprint density at radius 1 is 0.356 bits per heavy atom. The van der Waals surface area contributed by atoms with Crippen molar-refractivity contribution in [1.82, 2.24) is 29.4 Å².